The number of rotatable bonds is 3. The van der Waals surface area contributed by atoms with Gasteiger partial charge in [-0.2, -0.15) is 0 Å². The van der Waals surface area contributed by atoms with E-state index < -0.39 is 0 Å². The molecule has 1 N–H and O–H groups in total. The van der Waals surface area contributed by atoms with Crippen molar-refractivity contribution in [1.82, 2.24) is 4.57 Å². The van der Waals surface area contributed by atoms with Crippen molar-refractivity contribution in [3.05, 3.63) is 30.0 Å². The summed E-state index contributed by atoms with van der Waals surface area (Å²) in [7, 11) is 0. The lowest BCUT2D eigenvalue weighted by molar-refractivity contribution is -0.141. The summed E-state index contributed by atoms with van der Waals surface area (Å²) in [6, 6.07) is 5.45. The van der Waals surface area contributed by atoms with Crippen molar-refractivity contribution in [3.8, 4) is 5.75 Å². The molecule has 0 aliphatic carbocycles. The highest BCUT2D eigenvalue weighted by atomic mass is 16.5. The molecule has 0 saturated carbocycles. The summed E-state index contributed by atoms with van der Waals surface area (Å²) >= 11 is 0. The monoisotopic (exact) mass is 233 g/mol. The number of hydrogen-bond acceptors (Lipinski definition) is 3. The Bertz CT molecular complexity index is 557. The van der Waals surface area contributed by atoms with Gasteiger partial charge in [-0.15, -0.1) is 0 Å². The van der Waals surface area contributed by atoms with Gasteiger partial charge < -0.3 is 14.4 Å². The fourth-order valence-electron chi connectivity index (χ4n) is 1.94. The number of hydrogen-bond donors (Lipinski definition) is 1. The quantitative estimate of drug-likeness (QED) is 0.827. The SMILES string of the molecule is CC(=O)OCCn1ccc2c(C)cc(O)cc21. The predicted octanol–water partition coefficient (Wildman–Crippen LogP) is 2.22. The van der Waals surface area contributed by atoms with Crippen LogP contribution in [0.5, 0.6) is 5.75 Å². The third-order valence-electron chi connectivity index (χ3n) is 2.72. The van der Waals surface area contributed by atoms with Gasteiger partial charge in [-0.25, -0.2) is 0 Å². The molecule has 2 aromatic rings. The number of fused-ring (bicyclic) bond motifs is 1. The smallest absolute Gasteiger partial charge is 0.302 e. The molecule has 0 bridgehead atoms. The molecular weight excluding hydrogens is 218 g/mol. The standard InChI is InChI=1S/C13H15NO3/c1-9-7-11(16)8-13-12(9)3-4-14(13)5-6-17-10(2)15/h3-4,7-8,16H,5-6H2,1-2H3. The second kappa shape index (κ2) is 4.49. The highest BCUT2D eigenvalue weighted by molar-refractivity contribution is 5.85. The predicted molar refractivity (Wildman–Crippen MR) is 65.0 cm³/mol. The molecule has 0 aliphatic rings. The van der Waals surface area contributed by atoms with Gasteiger partial charge in [0.05, 0.1) is 12.1 Å². The lowest BCUT2D eigenvalue weighted by Crippen LogP contribution is -2.07. The minimum Gasteiger partial charge on any atom is -0.508 e. The molecular formula is C13H15NO3. The van der Waals surface area contributed by atoms with Gasteiger partial charge in [0, 0.05) is 24.6 Å². The first-order valence-electron chi connectivity index (χ1n) is 5.50. The fraction of sp³-hybridized carbons (Fsp3) is 0.308. The molecule has 2 rings (SSSR count). The lowest BCUT2D eigenvalue weighted by atomic mass is 10.1. The summed E-state index contributed by atoms with van der Waals surface area (Å²) in [6.45, 7) is 4.28. The highest BCUT2D eigenvalue weighted by Crippen LogP contribution is 2.25. The number of carbonyl (C=O) groups is 1. The van der Waals surface area contributed by atoms with Crippen molar-refractivity contribution in [3.63, 3.8) is 0 Å². The van der Waals surface area contributed by atoms with Crippen LogP contribution in [0.2, 0.25) is 0 Å². The van der Waals surface area contributed by atoms with Crippen LogP contribution in [0.25, 0.3) is 10.9 Å². The largest absolute Gasteiger partial charge is 0.508 e. The van der Waals surface area contributed by atoms with E-state index in [0.717, 1.165) is 16.5 Å². The van der Waals surface area contributed by atoms with Crippen LogP contribution in [0.3, 0.4) is 0 Å². The summed E-state index contributed by atoms with van der Waals surface area (Å²) in [5.74, 6) is -0.0251. The maximum absolute atomic E-state index is 10.7. The van der Waals surface area contributed by atoms with E-state index in [-0.39, 0.29) is 11.7 Å². The average molecular weight is 233 g/mol. The van der Waals surface area contributed by atoms with E-state index in [0.29, 0.717) is 13.2 Å². The van der Waals surface area contributed by atoms with E-state index in [1.54, 1.807) is 12.1 Å². The minimum absolute atomic E-state index is 0.252. The zero-order valence-corrected chi connectivity index (χ0v) is 9.93. The number of benzene rings is 1. The van der Waals surface area contributed by atoms with Gasteiger partial charge >= 0.3 is 5.97 Å². The van der Waals surface area contributed by atoms with Gasteiger partial charge in [0.15, 0.2) is 0 Å². The van der Waals surface area contributed by atoms with Gasteiger partial charge in [-0.3, -0.25) is 4.79 Å². The fourth-order valence-corrected chi connectivity index (χ4v) is 1.94. The maximum atomic E-state index is 10.7. The van der Waals surface area contributed by atoms with Crippen molar-refractivity contribution in [1.29, 1.82) is 0 Å². The second-order valence-corrected chi connectivity index (χ2v) is 4.04. The maximum Gasteiger partial charge on any atom is 0.302 e. The van der Waals surface area contributed by atoms with Crippen LogP contribution in [-0.2, 0) is 16.1 Å². The van der Waals surface area contributed by atoms with E-state index in [2.05, 4.69) is 0 Å². The molecule has 1 heterocycles. The lowest BCUT2D eigenvalue weighted by Gasteiger charge is -2.06. The van der Waals surface area contributed by atoms with Gasteiger partial charge in [0.2, 0.25) is 0 Å². The van der Waals surface area contributed by atoms with E-state index in [1.165, 1.54) is 6.92 Å². The molecule has 0 radical (unpaired) electrons. The number of phenols is 1. The van der Waals surface area contributed by atoms with Crippen molar-refractivity contribution >= 4 is 16.9 Å². The summed E-state index contributed by atoms with van der Waals surface area (Å²) in [4.78, 5) is 10.7. The van der Waals surface area contributed by atoms with Crippen LogP contribution in [0.15, 0.2) is 24.4 Å². The Kier molecular flexibility index (Phi) is 3.04. The average Bonchev–Trinajstić information content (AvgIpc) is 2.61. The summed E-state index contributed by atoms with van der Waals surface area (Å²) in [5.41, 5.74) is 1.99. The number of ether oxygens (including phenoxy) is 1. The van der Waals surface area contributed by atoms with Crippen molar-refractivity contribution < 1.29 is 14.6 Å². The number of phenolic OH excluding ortho intramolecular Hbond substituents is 1. The molecule has 0 unspecified atom stereocenters. The van der Waals surface area contributed by atoms with Crippen LogP contribution < -0.4 is 0 Å². The van der Waals surface area contributed by atoms with E-state index in [1.807, 2.05) is 23.8 Å². The number of carbonyl (C=O) groups excluding carboxylic acids is 1. The van der Waals surface area contributed by atoms with Crippen molar-refractivity contribution in [2.75, 3.05) is 6.61 Å². The van der Waals surface area contributed by atoms with Gasteiger partial charge in [0.25, 0.3) is 0 Å². The van der Waals surface area contributed by atoms with E-state index in [4.69, 9.17) is 4.74 Å². The first kappa shape index (κ1) is 11.5. The molecule has 0 atom stereocenters. The van der Waals surface area contributed by atoms with Crippen molar-refractivity contribution in [2.24, 2.45) is 0 Å². The Morgan fingerprint density at radius 2 is 2.24 bits per heavy atom. The Balaban J connectivity index is 2.26. The van der Waals surface area contributed by atoms with Crippen LogP contribution in [0.1, 0.15) is 12.5 Å². The Morgan fingerprint density at radius 1 is 1.47 bits per heavy atom. The molecule has 1 aromatic heterocycles. The summed E-state index contributed by atoms with van der Waals surface area (Å²) in [5, 5.41) is 10.7. The van der Waals surface area contributed by atoms with Crippen LogP contribution >= 0.6 is 0 Å². The molecule has 0 aliphatic heterocycles. The summed E-state index contributed by atoms with van der Waals surface area (Å²) in [6.07, 6.45) is 1.93. The number of nitrogens with zero attached hydrogens (tertiary/aromatic N) is 1. The molecule has 17 heavy (non-hydrogen) atoms. The molecule has 90 valence electrons. The first-order valence-corrected chi connectivity index (χ1v) is 5.50. The number of aromatic hydroxyl groups is 1. The number of aromatic nitrogens is 1. The molecule has 0 amide bonds. The number of esters is 1. The normalized spacial score (nSPS) is 10.7. The minimum atomic E-state index is -0.277. The molecule has 0 fully saturated rings. The zero-order chi connectivity index (χ0) is 12.4. The van der Waals surface area contributed by atoms with Crippen LogP contribution in [0.4, 0.5) is 0 Å². The van der Waals surface area contributed by atoms with Gasteiger partial charge in [-0.1, -0.05) is 0 Å². The number of aryl methyl sites for hydroxylation is 1. The Morgan fingerprint density at radius 3 is 2.94 bits per heavy atom. The molecule has 4 heteroatoms. The molecule has 1 aromatic carbocycles. The molecule has 4 nitrogen and oxygen atoms in total. The van der Waals surface area contributed by atoms with Crippen LogP contribution in [0, 0.1) is 6.92 Å². The van der Waals surface area contributed by atoms with Crippen molar-refractivity contribution in [2.45, 2.75) is 20.4 Å². The summed E-state index contributed by atoms with van der Waals surface area (Å²) < 4.78 is 6.87. The third-order valence-corrected chi connectivity index (χ3v) is 2.72. The Labute approximate surface area is 99.4 Å². The Hall–Kier alpha value is -1.97. The topological polar surface area (TPSA) is 51.5 Å². The molecule has 0 saturated heterocycles. The zero-order valence-electron chi connectivity index (χ0n) is 9.93. The van der Waals surface area contributed by atoms with Gasteiger partial charge in [0.1, 0.15) is 12.4 Å². The third kappa shape index (κ3) is 2.41. The van der Waals surface area contributed by atoms with Crippen LogP contribution in [-0.4, -0.2) is 22.2 Å². The second-order valence-electron chi connectivity index (χ2n) is 4.04. The van der Waals surface area contributed by atoms with Gasteiger partial charge in [-0.05, 0) is 24.6 Å². The van der Waals surface area contributed by atoms with E-state index in [9.17, 15) is 9.90 Å². The first-order chi connectivity index (χ1) is 8.08. The molecule has 0 spiro atoms. The van der Waals surface area contributed by atoms with E-state index >= 15 is 0 Å². The highest BCUT2D eigenvalue weighted by Gasteiger charge is 2.05.